The van der Waals surface area contributed by atoms with Crippen LogP contribution >= 0.6 is 0 Å². The molecule has 1 aliphatic rings. The molecule has 1 aromatic rings. The molecule has 3 heteroatoms. The number of benzene rings is 1. The highest BCUT2D eigenvalue weighted by Crippen LogP contribution is 2.47. The van der Waals surface area contributed by atoms with Gasteiger partial charge < -0.3 is 10.8 Å². The first-order chi connectivity index (χ1) is 7.47. The zero-order valence-electron chi connectivity index (χ0n) is 9.54. The standard InChI is InChI=1S/C13H18FNO/c1-12(14)6-7-13(8-12,9-15)10-2-4-11(16)5-3-10/h2-5,16H,6-9,15H2,1H3. The third-order valence-corrected chi connectivity index (χ3v) is 3.70. The fourth-order valence-corrected chi connectivity index (χ4v) is 2.74. The van der Waals surface area contributed by atoms with E-state index >= 15 is 0 Å². The van der Waals surface area contributed by atoms with Crippen LogP contribution in [0.3, 0.4) is 0 Å². The maximum atomic E-state index is 14.0. The van der Waals surface area contributed by atoms with Gasteiger partial charge in [-0.15, -0.1) is 0 Å². The maximum Gasteiger partial charge on any atom is 0.115 e. The average molecular weight is 223 g/mol. The Hall–Kier alpha value is -1.09. The van der Waals surface area contributed by atoms with Gasteiger partial charge in [0.05, 0.1) is 0 Å². The highest BCUT2D eigenvalue weighted by molar-refractivity contribution is 5.33. The van der Waals surface area contributed by atoms with E-state index in [0.717, 1.165) is 12.0 Å². The molecule has 0 bridgehead atoms. The normalized spacial score (nSPS) is 34.2. The van der Waals surface area contributed by atoms with Gasteiger partial charge in [0.2, 0.25) is 0 Å². The second kappa shape index (κ2) is 3.74. The van der Waals surface area contributed by atoms with Crippen LogP contribution in [0.15, 0.2) is 24.3 Å². The van der Waals surface area contributed by atoms with Crippen molar-refractivity contribution in [3.05, 3.63) is 29.8 Å². The fourth-order valence-electron chi connectivity index (χ4n) is 2.74. The van der Waals surface area contributed by atoms with Gasteiger partial charge >= 0.3 is 0 Å². The molecular formula is C13H18FNO. The van der Waals surface area contributed by atoms with Crippen molar-refractivity contribution in [2.24, 2.45) is 5.73 Å². The number of phenols is 1. The molecule has 0 saturated heterocycles. The number of alkyl halides is 1. The largest absolute Gasteiger partial charge is 0.508 e. The summed E-state index contributed by atoms with van der Waals surface area (Å²) in [5, 5.41) is 9.25. The van der Waals surface area contributed by atoms with E-state index in [9.17, 15) is 9.50 Å². The number of halogens is 1. The zero-order valence-corrected chi connectivity index (χ0v) is 9.54. The minimum Gasteiger partial charge on any atom is -0.508 e. The SMILES string of the molecule is CC1(F)CCC(CN)(c2ccc(O)cc2)C1. The first-order valence-electron chi connectivity index (χ1n) is 5.66. The van der Waals surface area contributed by atoms with Gasteiger partial charge in [-0.05, 0) is 43.9 Å². The Bertz CT molecular complexity index is 374. The van der Waals surface area contributed by atoms with Crippen molar-refractivity contribution in [1.29, 1.82) is 0 Å². The Balaban J connectivity index is 2.33. The van der Waals surface area contributed by atoms with Crippen molar-refractivity contribution >= 4 is 0 Å². The maximum absolute atomic E-state index is 14.0. The van der Waals surface area contributed by atoms with E-state index in [1.54, 1.807) is 19.1 Å². The molecule has 0 aliphatic heterocycles. The predicted octanol–water partition coefficient (Wildman–Crippen LogP) is 2.50. The molecule has 0 heterocycles. The summed E-state index contributed by atoms with van der Waals surface area (Å²) in [6.07, 6.45) is 1.81. The van der Waals surface area contributed by atoms with Crippen molar-refractivity contribution in [2.45, 2.75) is 37.3 Å². The van der Waals surface area contributed by atoms with Crippen LogP contribution in [0.2, 0.25) is 0 Å². The van der Waals surface area contributed by atoms with E-state index < -0.39 is 5.67 Å². The lowest BCUT2D eigenvalue weighted by Gasteiger charge is -2.29. The molecule has 2 unspecified atom stereocenters. The monoisotopic (exact) mass is 223 g/mol. The number of nitrogens with two attached hydrogens (primary N) is 1. The van der Waals surface area contributed by atoms with Gasteiger partial charge in [-0.1, -0.05) is 12.1 Å². The molecule has 2 atom stereocenters. The topological polar surface area (TPSA) is 46.2 Å². The Morgan fingerprint density at radius 2 is 1.94 bits per heavy atom. The Kier molecular flexibility index (Phi) is 2.66. The van der Waals surface area contributed by atoms with E-state index in [4.69, 9.17) is 5.73 Å². The summed E-state index contributed by atoms with van der Waals surface area (Å²) in [4.78, 5) is 0. The van der Waals surface area contributed by atoms with E-state index in [1.165, 1.54) is 0 Å². The second-order valence-electron chi connectivity index (χ2n) is 5.12. The molecule has 16 heavy (non-hydrogen) atoms. The van der Waals surface area contributed by atoms with E-state index in [2.05, 4.69) is 0 Å². The van der Waals surface area contributed by atoms with Gasteiger partial charge in [0, 0.05) is 12.0 Å². The summed E-state index contributed by atoms with van der Waals surface area (Å²) in [6, 6.07) is 6.98. The Labute approximate surface area is 95.3 Å². The molecule has 88 valence electrons. The lowest BCUT2D eigenvalue weighted by Crippen LogP contribution is -2.34. The van der Waals surface area contributed by atoms with Crippen LogP contribution in [-0.4, -0.2) is 17.3 Å². The zero-order chi connectivity index (χ0) is 11.8. The third kappa shape index (κ3) is 1.92. The lowest BCUT2D eigenvalue weighted by atomic mass is 9.78. The van der Waals surface area contributed by atoms with Gasteiger partial charge in [-0.25, -0.2) is 4.39 Å². The second-order valence-corrected chi connectivity index (χ2v) is 5.12. The van der Waals surface area contributed by atoms with Crippen molar-refractivity contribution in [3.63, 3.8) is 0 Å². The van der Waals surface area contributed by atoms with Crippen molar-refractivity contribution < 1.29 is 9.50 Å². The summed E-state index contributed by atoms with van der Waals surface area (Å²) in [5.74, 6) is 0.233. The van der Waals surface area contributed by atoms with Crippen LogP contribution in [0.5, 0.6) is 5.75 Å². The number of aromatic hydroxyl groups is 1. The van der Waals surface area contributed by atoms with E-state index in [-0.39, 0.29) is 11.2 Å². The number of hydrogen-bond donors (Lipinski definition) is 2. The van der Waals surface area contributed by atoms with Crippen LogP contribution in [0, 0.1) is 0 Å². The summed E-state index contributed by atoms with van der Waals surface area (Å²) < 4.78 is 14.0. The fraction of sp³-hybridized carbons (Fsp3) is 0.538. The first kappa shape index (κ1) is 11.4. The summed E-state index contributed by atoms with van der Waals surface area (Å²) in [6.45, 7) is 2.10. The molecule has 0 amide bonds. The van der Waals surface area contributed by atoms with Crippen LogP contribution in [-0.2, 0) is 5.41 Å². The minimum absolute atomic E-state index is 0.233. The molecule has 3 N–H and O–H groups in total. The molecule has 2 nitrogen and oxygen atoms in total. The van der Waals surface area contributed by atoms with Gasteiger partial charge in [0.25, 0.3) is 0 Å². The van der Waals surface area contributed by atoms with Crippen LogP contribution in [0.4, 0.5) is 4.39 Å². The van der Waals surface area contributed by atoms with Crippen molar-refractivity contribution in [1.82, 2.24) is 0 Å². The summed E-state index contributed by atoms with van der Waals surface area (Å²) in [7, 11) is 0. The third-order valence-electron chi connectivity index (χ3n) is 3.70. The molecule has 0 radical (unpaired) electrons. The van der Waals surface area contributed by atoms with Gasteiger partial charge in [0.1, 0.15) is 11.4 Å². The van der Waals surface area contributed by atoms with E-state index in [0.29, 0.717) is 19.4 Å². The van der Waals surface area contributed by atoms with Gasteiger partial charge in [-0.2, -0.15) is 0 Å². The van der Waals surface area contributed by atoms with Crippen LogP contribution in [0.1, 0.15) is 31.7 Å². The number of hydrogen-bond acceptors (Lipinski definition) is 2. The van der Waals surface area contributed by atoms with Gasteiger partial charge in [-0.3, -0.25) is 0 Å². The smallest absolute Gasteiger partial charge is 0.115 e. The molecule has 0 spiro atoms. The minimum atomic E-state index is -1.11. The quantitative estimate of drug-likeness (QED) is 0.809. The molecule has 0 aromatic heterocycles. The molecule has 2 rings (SSSR count). The Morgan fingerprint density at radius 1 is 1.31 bits per heavy atom. The number of rotatable bonds is 2. The van der Waals surface area contributed by atoms with Crippen molar-refractivity contribution in [3.8, 4) is 5.75 Å². The highest BCUT2D eigenvalue weighted by atomic mass is 19.1. The molecule has 1 aromatic carbocycles. The first-order valence-corrected chi connectivity index (χ1v) is 5.66. The van der Waals surface area contributed by atoms with Gasteiger partial charge in [0.15, 0.2) is 0 Å². The molecule has 1 fully saturated rings. The molecule has 1 aliphatic carbocycles. The number of phenolic OH excluding ortho intramolecular Hbond substituents is 1. The predicted molar refractivity (Wildman–Crippen MR) is 62.2 cm³/mol. The highest BCUT2D eigenvalue weighted by Gasteiger charge is 2.46. The van der Waals surface area contributed by atoms with Crippen LogP contribution < -0.4 is 5.73 Å². The molecular weight excluding hydrogens is 205 g/mol. The lowest BCUT2D eigenvalue weighted by molar-refractivity contribution is 0.187. The van der Waals surface area contributed by atoms with Crippen molar-refractivity contribution in [2.75, 3.05) is 6.54 Å². The summed E-state index contributed by atoms with van der Waals surface area (Å²) in [5.41, 5.74) is 5.50. The molecule has 1 saturated carbocycles. The van der Waals surface area contributed by atoms with Crippen LogP contribution in [0.25, 0.3) is 0 Å². The summed E-state index contributed by atoms with van der Waals surface area (Å²) >= 11 is 0. The van der Waals surface area contributed by atoms with E-state index in [1.807, 2.05) is 12.1 Å². The Morgan fingerprint density at radius 3 is 2.38 bits per heavy atom. The average Bonchev–Trinajstić information content (AvgIpc) is 2.57.